The molecule has 0 saturated carbocycles. The second-order valence-corrected chi connectivity index (χ2v) is 5.93. The Balaban J connectivity index is 2.60. The summed E-state index contributed by atoms with van der Waals surface area (Å²) in [5, 5.41) is 0. The van der Waals surface area contributed by atoms with E-state index in [4.69, 9.17) is 4.74 Å². The van der Waals surface area contributed by atoms with Crippen LogP contribution < -0.4 is 0 Å². The molecule has 7 heteroatoms. The van der Waals surface area contributed by atoms with Gasteiger partial charge in [0.2, 0.25) is 0 Å². The van der Waals surface area contributed by atoms with Crippen molar-refractivity contribution in [1.29, 1.82) is 0 Å². The molecule has 1 rings (SSSR count). The van der Waals surface area contributed by atoms with Gasteiger partial charge in [-0.1, -0.05) is 0 Å². The van der Waals surface area contributed by atoms with E-state index < -0.39 is 36.0 Å². The Hall–Kier alpha value is -1.40. The third-order valence-corrected chi connectivity index (χ3v) is 3.02. The van der Waals surface area contributed by atoms with Crippen LogP contribution in [0, 0.1) is 5.92 Å². The first-order chi connectivity index (χ1) is 9.05. The number of hydrogen-bond donors (Lipinski definition) is 0. The molecule has 0 radical (unpaired) electrons. The molecule has 1 atom stereocenters. The molecule has 0 N–H and O–H groups in total. The van der Waals surface area contributed by atoms with E-state index in [1.165, 1.54) is 7.11 Å². The number of hydrogen-bond acceptors (Lipinski definition) is 4. The monoisotopic (exact) mass is 293 g/mol. The van der Waals surface area contributed by atoms with Crippen molar-refractivity contribution in [2.75, 3.05) is 20.2 Å². The van der Waals surface area contributed by atoms with Gasteiger partial charge in [-0.2, -0.15) is 0 Å². The highest BCUT2D eigenvalue weighted by Crippen LogP contribution is 2.36. The number of amides is 1. The van der Waals surface area contributed by atoms with Gasteiger partial charge in [0.15, 0.2) is 0 Å². The third-order valence-electron chi connectivity index (χ3n) is 3.02. The molecule has 0 aliphatic carbocycles. The Labute approximate surface area is 117 Å². The summed E-state index contributed by atoms with van der Waals surface area (Å²) < 4.78 is 37.1. The first kappa shape index (κ1) is 16.7. The predicted molar refractivity (Wildman–Crippen MR) is 67.5 cm³/mol. The maximum absolute atomic E-state index is 13.8. The number of esters is 1. The predicted octanol–water partition coefficient (Wildman–Crippen LogP) is 2.44. The van der Waals surface area contributed by atoms with Crippen molar-refractivity contribution in [2.45, 2.75) is 45.1 Å². The lowest BCUT2D eigenvalue weighted by atomic mass is 9.99. The number of ether oxygens (including phenoxy) is 2. The molecule has 5 nitrogen and oxygen atoms in total. The number of nitrogens with zero attached hydrogens (tertiary/aromatic N) is 1. The molecule has 1 aliphatic rings. The molecule has 1 aliphatic heterocycles. The van der Waals surface area contributed by atoms with Crippen molar-refractivity contribution in [1.82, 2.24) is 4.90 Å². The van der Waals surface area contributed by atoms with Crippen LogP contribution in [0.4, 0.5) is 13.6 Å². The van der Waals surface area contributed by atoms with Crippen molar-refractivity contribution in [3.63, 3.8) is 0 Å². The molecular weight excluding hydrogens is 272 g/mol. The highest BCUT2D eigenvalue weighted by Gasteiger charge is 2.50. The van der Waals surface area contributed by atoms with Crippen LogP contribution in [0.1, 0.15) is 33.6 Å². The van der Waals surface area contributed by atoms with Crippen molar-refractivity contribution in [2.24, 2.45) is 5.92 Å². The zero-order chi connectivity index (χ0) is 15.6. The van der Waals surface area contributed by atoms with E-state index in [0.29, 0.717) is 0 Å². The fourth-order valence-electron chi connectivity index (χ4n) is 2.01. The average molecular weight is 293 g/mol. The minimum atomic E-state index is -3.01. The van der Waals surface area contributed by atoms with Gasteiger partial charge in [0.05, 0.1) is 13.7 Å². The molecule has 0 spiro atoms. The number of halogens is 2. The smallest absolute Gasteiger partial charge is 0.410 e. The normalized spacial score (nSPS) is 21.7. The van der Waals surface area contributed by atoms with Gasteiger partial charge in [0, 0.05) is 18.9 Å². The third kappa shape index (κ3) is 4.61. The molecule has 1 heterocycles. The van der Waals surface area contributed by atoms with Crippen molar-refractivity contribution < 1.29 is 27.8 Å². The van der Waals surface area contributed by atoms with Crippen LogP contribution in [0.3, 0.4) is 0 Å². The first-order valence-electron chi connectivity index (χ1n) is 6.48. The molecule has 0 aromatic heterocycles. The van der Waals surface area contributed by atoms with E-state index in [1.54, 1.807) is 20.8 Å². The largest absolute Gasteiger partial charge is 0.469 e. The van der Waals surface area contributed by atoms with Gasteiger partial charge in [0.1, 0.15) is 5.60 Å². The number of rotatable bonds is 3. The summed E-state index contributed by atoms with van der Waals surface area (Å²) in [6, 6.07) is 0. The Morgan fingerprint density at radius 1 is 1.35 bits per heavy atom. The zero-order valence-corrected chi connectivity index (χ0v) is 12.2. The summed E-state index contributed by atoms with van der Waals surface area (Å²) in [4.78, 5) is 23.8. The van der Waals surface area contributed by atoms with Crippen LogP contribution in [-0.4, -0.2) is 48.7 Å². The summed E-state index contributed by atoms with van der Waals surface area (Å²) in [6.07, 6.45) is -0.851. The lowest BCUT2D eigenvalue weighted by Gasteiger charge is -2.24. The second-order valence-electron chi connectivity index (χ2n) is 5.93. The van der Waals surface area contributed by atoms with Gasteiger partial charge < -0.3 is 14.4 Å². The lowest BCUT2D eigenvalue weighted by molar-refractivity contribution is -0.141. The number of likely N-dealkylation sites (tertiary alicyclic amines) is 1. The average Bonchev–Trinajstić information content (AvgIpc) is 2.59. The molecule has 1 saturated heterocycles. The molecule has 0 aromatic carbocycles. The molecule has 116 valence electrons. The minimum Gasteiger partial charge on any atom is -0.469 e. The summed E-state index contributed by atoms with van der Waals surface area (Å²) >= 11 is 0. The Morgan fingerprint density at radius 3 is 2.45 bits per heavy atom. The molecule has 0 bridgehead atoms. The molecule has 1 amide bonds. The second kappa shape index (κ2) is 5.93. The fourth-order valence-corrected chi connectivity index (χ4v) is 2.01. The highest BCUT2D eigenvalue weighted by atomic mass is 19.3. The van der Waals surface area contributed by atoms with Crippen LogP contribution in [-0.2, 0) is 14.3 Å². The first-order valence-corrected chi connectivity index (χ1v) is 6.48. The van der Waals surface area contributed by atoms with Crippen molar-refractivity contribution in [3.8, 4) is 0 Å². The van der Waals surface area contributed by atoms with E-state index in [-0.39, 0.29) is 19.4 Å². The Bertz CT molecular complexity index is 379. The van der Waals surface area contributed by atoms with Crippen LogP contribution in [0.5, 0.6) is 0 Å². The standard InChI is InChI=1S/C13H21F2NO4/c1-12(2,3)20-11(18)16-7-9(13(14,15)8-16)5-6-10(17)19-4/h9H,5-8H2,1-4H3. The van der Waals surface area contributed by atoms with E-state index in [9.17, 15) is 18.4 Å². The fraction of sp³-hybridized carbons (Fsp3) is 0.846. The minimum absolute atomic E-state index is 0.0149. The molecule has 1 fully saturated rings. The number of carbonyl (C=O) groups excluding carboxylic acids is 2. The Kier molecular flexibility index (Phi) is 4.94. The van der Waals surface area contributed by atoms with Crippen LogP contribution in [0.2, 0.25) is 0 Å². The van der Waals surface area contributed by atoms with Gasteiger partial charge in [-0.25, -0.2) is 13.6 Å². The Morgan fingerprint density at radius 2 is 1.95 bits per heavy atom. The van der Waals surface area contributed by atoms with Gasteiger partial charge in [-0.3, -0.25) is 4.79 Å². The van der Waals surface area contributed by atoms with E-state index >= 15 is 0 Å². The molecule has 1 unspecified atom stereocenters. The van der Waals surface area contributed by atoms with Crippen LogP contribution in [0.25, 0.3) is 0 Å². The number of methoxy groups -OCH3 is 1. The van der Waals surface area contributed by atoms with E-state index in [2.05, 4.69) is 4.74 Å². The molecule has 0 aromatic rings. The number of carbonyl (C=O) groups is 2. The molecular formula is C13H21F2NO4. The van der Waals surface area contributed by atoms with Gasteiger partial charge in [0.25, 0.3) is 5.92 Å². The zero-order valence-electron chi connectivity index (χ0n) is 12.2. The highest BCUT2D eigenvalue weighted by molar-refractivity contribution is 5.70. The van der Waals surface area contributed by atoms with E-state index in [0.717, 1.165) is 4.90 Å². The van der Waals surface area contributed by atoms with Crippen molar-refractivity contribution in [3.05, 3.63) is 0 Å². The topological polar surface area (TPSA) is 55.8 Å². The number of alkyl halides is 2. The van der Waals surface area contributed by atoms with Crippen molar-refractivity contribution >= 4 is 12.1 Å². The lowest BCUT2D eigenvalue weighted by Crippen LogP contribution is -2.36. The summed E-state index contributed by atoms with van der Waals surface area (Å²) in [5.41, 5.74) is -0.726. The van der Waals surface area contributed by atoms with Gasteiger partial charge in [-0.15, -0.1) is 0 Å². The summed E-state index contributed by atoms with van der Waals surface area (Å²) in [5.74, 6) is -4.59. The molecule has 20 heavy (non-hydrogen) atoms. The maximum atomic E-state index is 13.8. The van der Waals surface area contributed by atoms with E-state index in [1.807, 2.05) is 0 Å². The van der Waals surface area contributed by atoms with Crippen LogP contribution >= 0.6 is 0 Å². The van der Waals surface area contributed by atoms with Gasteiger partial charge in [-0.05, 0) is 27.2 Å². The van der Waals surface area contributed by atoms with Crippen LogP contribution in [0.15, 0.2) is 0 Å². The SMILES string of the molecule is COC(=O)CCC1CN(C(=O)OC(C)(C)C)CC1(F)F. The van der Waals surface area contributed by atoms with Gasteiger partial charge >= 0.3 is 12.1 Å². The summed E-state index contributed by atoms with van der Waals surface area (Å²) in [7, 11) is 1.21. The quantitative estimate of drug-likeness (QED) is 0.750. The maximum Gasteiger partial charge on any atom is 0.410 e. The summed E-state index contributed by atoms with van der Waals surface area (Å²) in [6.45, 7) is 4.24.